The monoisotopic (exact) mass is 310 g/mol. The summed E-state index contributed by atoms with van der Waals surface area (Å²) in [4.78, 5) is 11.8. The average molecular weight is 310 g/mol. The Morgan fingerprint density at radius 2 is 1.57 bits per heavy atom. The molecule has 23 heavy (non-hydrogen) atoms. The maximum absolute atomic E-state index is 11.8. The van der Waals surface area contributed by atoms with Gasteiger partial charge in [0.1, 0.15) is 5.76 Å². The van der Waals surface area contributed by atoms with E-state index in [-0.39, 0.29) is 5.97 Å². The standard InChI is InChI=1S/C20H22O3/c1-17(23-20(21)19-13-6-3-7-14-19)10-8-9-15-22-16-18-11-4-2-5-12-18/h2-7,11-14H,1,8-10,15-16H2. The second-order valence-electron chi connectivity index (χ2n) is 5.29. The van der Waals surface area contributed by atoms with Crippen molar-refractivity contribution in [2.45, 2.75) is 25.9 Å². The quantitative estimate of drug-likeness (QED) is 0.381. The lowest BCUT2D eigenvalue weighted by Gasteiger charge is -2.08. The predicted octanol–water partition coefficient (Wildman–Crippen LogP) is 4.74. The van der Waals surface area contributed by atoms with Crippen LogP contribution in [0.25, 0.3) is 0 Å². The number of unbranched alkanes of at least 4 members (excludes halogenated alkanes) is 1. The van der Waals surface area contributed by atoms with Crippen molar-refractivity contribution in [1.29, 1.82) is 0 Å². The molecular weight excluding hydrogens is 288 g/mol. The Morgan fingerprint density at radius 1 is 0.913 bits per heavy atom. The molecular formula is C20H22O3. The van der Waals surface area contributed by atoms with Crippen LogP contribution >= 0.6 is 0 Å². The van der Waals surface area contributed by atoms with Crippen LogP contribution in [0, 0.1) is 0 Å². The largest absolute Gasteiger partial charge is 0.428 e. The summed E-state index contributed by atoms with van der Waals surface area (Å²) in [6.07, 6.45) is 2.46. The van der Waals surface area contributed by atoms with Crippen molar-refractivity contribution in [3.8, 4) is 0 Å². The molecule has 0 aliphatic heterocycles. The lowest BCUT2D eigenvalue weighted by Crippen LogP contribution is -2.04. The van der Waals surface area contributed by atoms with E-state index < -0.39 is 0 Å². The highest BCUT2D eigenvalue weighted by Crippen LogP contribution is 2.11. The number of rotatable bonds is 9. The van der Waals surface area contributed by atoms with Gasteiger partial charge in [-0.2, -0.15) is 0 Å². The number of carbonyl (C=O) groups is 1. The van der Waals surface area contributed by atoms with Crippen molar-refractivity contribution >= 4 is 5.97 Å². The fourth-order valence-corrected chi connectivity index (χ4v) is 2.11. The smallest absolute Gasteiger partial charge is 0.343 e. The highest BCUT2D eigenvalue weighted by atomic mass is 16.5. The van der Waals surface area contributed by atoms with E-state index in [2.05, 4.69) is 6.58 Å². The molecule has 0 fully saturated rings. The second-order valence-corrected chi connectivity index (χ2v) is 5.29. The summed E-state index contributed by atoms with van der Waals surface area (Å²) in [5, 5.41) is 0. The molecule has 2 rings (SSSR count). The molecule has 0 bridgehead atoms. The van der Waals surface area contributed by atoms with Gasteiger partial charge in [0, 0.05) is 13.0 Å². The number of benzene rings is 2. The van der Waals surface area contributed by atoms with Crippen LogP contribution in [-0.2, 0) is 16.1 Å². The summed E-state index contributed by atoms with van der Waals surface area (Å²) in [6, 6.07) is 19.0. The van der Waals surface area contributed by atoms with Gasteiger partial charge in [0.15, 0.2) is 0 Å². The molecule has 0 aliphatic rings. The van der Waals surface area contributed by atoms with E-state index in [0.29, 0.717) is 31.0 Å². The highest BCUT2D eigenvalue weighted by Gasteiger charge is 2.08. The van der Waals surface area contributed by atoms with Crippen LogP contribution in [0.3, 0.4) is 0 Å². The fraction of sp³-hybridized carbons (Fsp3) is 0.250. The molecule has 0 radical (unpaired) electrons. The van der Waals surface area contributed by atoms with Crippen molar-refractivity contribution in [2.75, 3.05) is 6.61 Å². The third-order valence-electron chi connectivity index (χ3n) is 3.35. The van der Waals surface area contributed by atoms with Gasteiger partial charge in [0.2, 0.25) is 0 Å². The lowest BCUT2D eigenvalue weighted by molar-refractivity contribution is 0.0612. The van der Waals surface area contributed by atoms with E-state index in [0.717, 1.165) is 12.8 Å². The minimum Gasteiger partial charge on any atom is -0.428 e. The van der Waals surface area contributed by atoms with Crippen molar-refractivity contribution < 1.29 is 14.3 Å². The van der Waals surface area contributed by atoms with E-state index >= 15 is 0 Å². The van der Waals surface area contributed by atoms with E-state index in [1.807, 2.05) is 48.5 Å². The molecule has 3 nitrogen and oxygen atoms in total. The molecule has 0 unspecified atom stereocenters. The van der Waals surface area contributed by atoms with Gasteiger partial charge in [0.25, 0.3) is 0 Å². The minimum absolute atomic E-state index is 0.351. The van der Waals surface area contributed by atoms with E-state index in [9.17, 15) is 4.79 Å². The molecule has 0 heterocycles. The molecule has 0 amide bonds. The van der Waals surface area contributed by atoms with Gasteiger partial charge in [-0.05, 0) is 30.5 Å². The third kappa shape index (κ3) is 6.49. The van der Waals surface area contributed by atoms with Crippen molar-refractivity contribution in [2.24, 2.45) is 0 Å². The maximum Gasteiger partial charge on any atom is 0.343 e. The van der Waals surface area contributed by atoms with Crippen LogP contribution in [0.4, 0.5) is 0 Å². The molecule has 120 valence electrons. The third-order valence-corrected chi connectivity index (χ3v) is 3.35. The van der Waals surface area contributed by atoms with Gasteiger partial charge in [0.05, 0.1) is 12.2 Å². The Kier molecular flexibility index (Phi) is 7.08. The van der Waals surface area contributed by atoms with Gasteiger partial charge in [-0.1, -0.05) is 55.1 Å². The highest BCUT2D eigenvalue weighted by molar-refractivity contribution is 5.89. The molecule has 2 aromatic carbocycles. The number of ether oxygens (including phenoxy) is 2. The summed E-state index contributed by atoms with van der Waals surface area (Å²) in [7, 11) is 0. The Hall–Kier alpha value is -2.39. The van der Waals surface area contributed by atoms with Crippen LogP contribution in [0.1, 0.15) is 35.2 Å². The number of carbonyl (C=O) groups excluding carboxylic acids is 1. The zero-order valence-corrected chi connectivity index (χ0v) is 13.2. The zero-order chi connectivity index (χ0) is 16.3. The first kappa shape index (κ1) is 17.0. The van der Waals surface area contributed by atoms with Gasteiger partial charge < -0.3 is 9.47 Å². The number of allylic oxidation sites excluding steroid dienone is 1. The molecule has 0 N–H and O–H groups in total. The van der Waals surface area contributed by atoms with Gasteiger partial charge in [-0.15, -0.1) is 0 Å². The molecule has 2 aromatic rings. The fourth-order valence-electron chi connectivity index (χ4n) is 2.11. The van der Waals surface area contributed by atoms with Gasteiger partial charge in [-0.25, -0.2) is 4.79 Å². The zero-order valence-electron chi connectivity index (χ0n) is 13.2. The second kappa shape index (κ2) is 9.59. The first-order valence-corrected chi connectivity index (χ1v) is 7.82. The number of esters is 1. The van der Waals surface area contributed by atoms with Gasteiger partial charge in [-0.3, -0.25) is 0 Å². The molecule has 3 heteroatoms. The summed E-state index contributed by atoms with van der Waals surface area (Å²) in [6.45, 7) is 5.12. The average Bonchev–Trinajstić information content (AvgIpc) is 2.59. The molecule has 0 aliphatic carbocycles. The maximum atomic E-state index is 11.8. The lowest BCUT2D eigenvalue weighted by atomic mass is 10.2. The Labute approximate surface area is 137 Å². The Bertz CT molecular complexity index is 605. The van der Waals surface area contributed by atoms with E-state index in [1.165, 1.54) is 5.56 Å². The number of hydrogen-bond donors (Lipinski definition) is 0. The van der Waals surface area contributed by atoms with Crippen LogP contribution in [0.15, 0.2) is 73.0 Å². The van der Waals surface area contributed by atoms with Crippen LogP contribution in [0.2, 0.25) is 0 Å². The molecule has 0 atom stereocenters. The first-order chi connectivity index (χ1) is 11.3. The molecule has 0 saturated heterocycles. The Morgan fingerprint density at radius 3 is 2.26 bits per heavy atom. The van der Waals surface area contributed by atoms with Crippen molar-refractivity contribution in [3.05, 3.63) is 84.1 Å². The minimum atomic E-state index is -0.351. The van der Waals surface area contributed by atoms with Crippen molar-refractivity contribution in [1.82, 2.24) is 0 Å². The topological polar surface area (TPSA) is 35.5 Å². The summed E-state index contributed by atoms with van der Waals surface area (Å²) >= 11 is 0. The summed E-state index contributed by atoms with van der Waals surface area (Å²) in [5.41, 5.74) is 1.72. The Balaban J connectivity index is 1.56. The normalized spacial score (nSPS) is 10.3. The predicted molar refractivity (Wildman–Crippen MR) is 90.9 cm³/mol. The van der Waals surface area contributed by atoms with E-state index in [4.69, 9.17) is 9.47 Å². The van der Waals surface area contributed by atoms with Crippen LogP contribution in [-0.4, -0.2) is 12.6 Å². The summed E-state index contributed by atoms with van der Waals surface area (Å²) < 4.78 is 10.9. The number of hydrogen-bond acceptors (Lipinski definition) is 3. The summed E-state index contributed by atoms with van der Waals surface area (Å²) in [5.74, 6) is 0.151. The molecule has 0 spiro atoms. The van der Waals surface area contributed by atoms with Crippen molar-refractivity contribution in [3.63, 3.8) is 0 Å². The molecule has 0 saturated carbocycles. The SMILES string of the molecule is C=C(CCCCOCc1ccccc1)OC(=O)c1ccccc1. The van der Waals surface area contributed by atoms with E-state index in [1.54, 1.807) is 12.1 Å². The van der Waals surface area contributed by atoms with Crippen LogP contribution in [0.5, 0.6) is 0 Å². The van der Waals surface area contributed by atoms with Crippen LogP contribution < -0.4 is 0 Å². The first-order valence-electron chi connectivity index (χ1n) is 7.82. The van der Waals surface area contributed by atoms with Gasteiger partial charge >= 0.3 is 5.97 Å². The molecule has 0 aromatic heterocycles.